The molecule has 6 aromatic carbocycles. The molecular weight excluding hydrogens is 880 g/mol. The van der Waals surface area contributed by atoms with Crippen LogP contribution in [0.5, 0.6) is 0 Å². The Kier molecular flexibility index (Phi) is 16.4. The smallest absolute Gasteiger partial charge is 0.149 e. The summed E-state index contributed by atoms with van der Waals surface area (Å²) in [5, 5.41) is 0. The van der Waals surface area contributed by atoms with Gasteiger partial charge in [0.2, 0.25) is 0 Å². The quantitative estimate of drug-likeness (QED) is 0.169. The van der Waals surface area contributed by atoms with Gasteiger partial charge in [0.05, 0.1) is 0 Å². The van der Waals surface area contributed by atoms with Gasteiger partial charge in [-0.15, -0.1) is 0 Å². The topological polar surface area (TPSA) is 40.5 Å². The van der Waals surface area contributed by atoms with Gasteiger partial charge >= 0.3 is 0 Å². The highest BCUT2D eigenvalue weighted by Crippen LogP contribution is 2.56. The van der Waals surface area contributed by atoms with E-state index in [1.54, 1.807) is 0 Å². The largest absolute Gasteiger partial charge is 0.352 e. The average molecular weight is 973 g/mol. The number of hydrogen-bond donors (Lipinski definition) is 2. The summed E-state index contributed by atoms with van der Waals surface area (Å²) in [6, 6.07) is 43.8. The lowest BCUT2D eigenvalue weighted by atomic mass is 9.68. The fourth-order valence-corrected chi connectivity index (χ4v) is 9.98. The fourth-order valence-electron chi connectivity index (χ4n) is 9.98. The van der Waals surface area contributed by atoms with Crippen LogP contribution in [0.2, 0.25) is 0 Å². The normalized spacial score (nSPS) is 13.3. The van der Waals surface area contributed by atoms with E-state index in [1.165, 1.54) is 100 Å². The second-order valence-electron chi connectivity index (χ2n) is 28.6. The van der Waals surface area contributed by atoms with E-state index in [0.717, 1.165) is 0 Å². The SMILES string of the molecule is CC(C)(C)c1ccc(-c2cc(-c3ccccc3)c(-c3ccc(C(C)(C)C)cc3C(C)(C)C)c(-c3ccc(C(C)(C)C)cc3C(C)(C)C)c2-c2ccc(C(C)(C)C)cc2C(C)(C)C)c(C(C)(C)C)c1.OPO. The molecule has 6 aromatic rings. The van der Waals surface area contributed by atoms with Gasteiger partial charge in [-0.25, -0.2) is 0 Å². The van der Waals surface area contributed by atoms with Gasteiger partial charge in [0.25, 0.3) is 0 Å². The van der Waals surface area contributed by atoms with Crippen molar-refractivity contribution in [2.24, 2.45) is 0 Å². The van der Waals surface area contributed by atoms with Gasteiger partial charge in [0.15, 0.2) is 0 Å². The van der Waals surface area contributed by atoms with Crippen molar-refractivity contribution in [1.29, 1.82) is 0 Å². The van der Waals surface area contributed by atoms with Crippen LogP contribution in [0, 0.1) is 0 Å². The maximum atomic E-state index is 7.15. The number of benzene rings is 6. The van der Waals surface area contributed by atoms with Crippen LogP contribution in [0.1, 0.15) is 211 Å². The highest BCUT2D eigenvalue weighted by molar-refractivity contribution is 7.23. The predicted molar refractivity (Wildman–Crippen MR) is 316 cm³/mol. The Morgan fingerprint density at radius 2 is 0.507 bits per heavy atom. The first kappa shape index (κ1) is 57.6. The lowest BCUT2D eigenvalue weighted by molar-refractivity contribution is 0.513. The van der Waals surface area contributed by atoms with Gasteiger partial charge in [0, 0.05) is 0 Å². The zero-order chi connectivity index (χ0) is 53.8. The monoisotopic (exact) mass is 973 g/mol. The molecule has 382 valence electrons. The lowest BCUT2D eigenvalue weighted by Gasteiger charge is -2.35. The molecule has 71 heavy (non-hydrogen) atoms. The summed E-state index contributed by atoms with van der Waals surface area (Å²) in [6.45, 7) is 57.1. The van der Waals surface area contributed by atoms with Crippen molar-refractivity contribution >= 4 is 9.03 Å². The molecule has 0 aromatic heterocycles. The van der Waals surface area contributed by atoms with E-state index in [1.807, 2.05) is 0 Å². The molecule has 0 amide bonds. The molecule has 0 unspecified atom stereocenters. The third-order valence-corrected chi connectivity index (χ3v) is 14.3. The molecule has 0 fully saturated rings. The molecule has 0 spiro atoms. The molecule has 2 nitrogen and oxygen atoms in total. The highest BCUT2D eigenvalue weighted by Gasteiger charge is 2.35. The van der Waals surface area contributed by atoms with Crippen LogP contribution in [0.4, 0.5) is 0 Å². The maximum absolute atomic E-state index is 7.15. The molecule has 3 heteroatoms. The van der Waals surface area contributed by atoms with Gasteiger partial charge in [-0.3, -0.25) is 0 Å². The number of hydrogen-bond acceptors (Lipinski definition) is 2. The van der Waals surface area contributed by atoms with E-state index in [9.17, 15) is 0 Å². The Morgan fingerprint density at radius 3 is 0.789 bits per heavy atom. The summed E-state index contributed by atoms with van der Waals surface area (Å²) in [7, 11) is -0.917. The lowest BCUT2D eigenvalue weighted by Crippen LogP contribution is -2.20. The van der Waals surface area contributed by atoms with E-state index < -0.39 is 9.03 Å². The molecule has 6 rings (SSSR count). The van der Waals surface area contributed by atoms with Crippen LogP contribution in [-0.4, -0.2) is 9.79 Å². The van der Waals surface area contributed by atoms with Gasteiger partial charge in [-0.2, -0.15) is 0 Å². The van der Waals surface area contributed by atoms with Crippen molar-refractivity contribution in [1.82, 2.24) is 0 Å². The Labute approximate surface area is 435 Å². The number of rotatable bonds is 5. The molecule has 0 heterocycles. The molecule has 0 saturated heterocycles. The molecule has 0 bridgehead atoms. The standard InChI is InChI=1S/C68H90.H3O2P/c1-61(2,3)44-30-34-48(54(38-44)65(13,14)15)53-42-52(43-28-26-25-27-29-43)58(49-35-31-45(62(4,5)6)39-55(49)66(16,17)18)60(51-37-33-47(64(10,11)12)41-57(51)68(22,23)24)59(53)50-36-32-46(63(7,8)9)40-56(50)67(19,20)21;1-3-2/h25-42H,1-24H3;1-3H. The zero-order valence-corrected chi connectivity index (χ0v) is 49.8. The van der Waals surface area contributed by atoms with Crippen molar-refractivity contribution in [2.75, 3.05) is 0 Å². The first-order valence-electron chi connectivity index (χ1n) is 26.1. The van der Waals surface area contributed by atoms with E-state index in [2.05, 4.69) is 275 Å². The molecule has 0 atom stereocenters. The molecule has 2 N–H and O–H groups in total. The van der Waals surface area contributed by atoms with Gasteiger partial charge in [-0.05, 0) is 150 Å². The first-order chi connectivity index (χ1) is 32.2. The molecule has 0 aliphatic rings. The maximum Gasteiger partial charge on any atom is 0.149 e. The van der Waals surface area contributed by atoms with Crippen molar-refractivity contribution in [3.63, 3.8) is 0 Å². The first-order valence-corrected chi connectivity index (χ1v) is 27.0. The van der Waals surface area contributed by atoms with Crippen molar-refractivity contribution in [3.8, 4) is 55.6 Å². The van der Waals surface area contributed by atoms with Crippen LogP contribution >= 0.6 is 9.03 Å². The van der Waals surface area contributed by atoms with E-state index in [-0.39, 0.29) is 43.3 Å². The van der Waals surface area contributed by atoms with Crippen LogP contribution < -0.4 is 0 Å². The molecule has 0 saturated carbocycles. The Balaban J connectivity index is 0.00000305. The minimum absolute atomic E-state index is 0.00719. The minimum Gasteiger partial charge on any atom is -0.352 e. The van der Waals surface area contributed by atoms with Crippen molar-refractivity contribution < 1.29 is 9.79 Å². The van der Waals surface area contributed by atoms with Crippen LogP contribution in [0.3, 0.4) is 0 Å². The van der Waals surface area contributed by atoms with E-state index in [4.69, 9.17) is 9.79 Å². The van der Waals surface area contributed by atoms with Gasteiger partial charge in [-0.1, -0.05) is 269 Å². The summed E-state index contributed by atoms with van der Waals surface area (Å²) in [6.07, 6.45) is 0. The summed E-state index contributed by atoms with van der Waals surface area (Å²) in [5.74, 6) is 0. The minimum atomic E-state index is -0.917. The van der Waals surface area contributed by atoms with Crippen LogP contribution in [0.25, 0.3) is 55.6 Å². The molecule has 0 radical (unpaired) electrons. The highest BCUT2D eigenvalue weighted by atomic mass is 31.1. The third kappa shape index (κ3) is 12.9. The van der Waals surface area contributed by atoms with Gasteiger partial charge < -0.3 is 9.79 Å². The zero-order valence-electron chi connectivity index (χ0n) is 48.8. The molecule has 0 aliphatic heterocycles. The van der Waals surface area contributed by atoms with Crippen LogP contribution in [-0.2, 0) is 43.3 Å². The molecule has 0 aliphatic carbocycles. The summed E-state index contributed by atoms with van der Waals surface area (Å²) >= 11 is 0. The Hall–Kier alpha value is -4.33. The predicted octanol–water partition coefficient (Wildman–Crippen LogP) is 19.9. The summed E-state index contributed by atoms with van der Waals surface area (Å²) < 4.78 is 0. The second kappa shape index (κ2) is 20.2. The molecular formula is C68H93O2P. The summed E-state index contributed by atoms with van der Waals surface area (Å²) in [4.78, 5) is 14.3. The van der Waals surface area contributed by atoms with Crippen molar-refractivity contribution in [3.05, 3.63) is 154 Å². The van der Waals surface area contributed by atoms with Crippen molar-refractivity contribution in [2.45, 2.75) is 209 Å². The van der Waals surface area contributed by atoms with E-state index >= 15 is 0 Å². The van der Waals surface area contributed by atoms with E-state index in [0.29, 0.717) is 0 Å². The summed E-state index contributed by atoms with van der Waals surface area (Å²) in [5.41, 5.74) is 23.1. The Bertz CT molecular complexity index is 2840. The second-order valence-corrected chi connectivity index (χ2v) is 28.8. The van der Waals surface area contributed by atoms with Crippen LogP contribution in [0.15, 0.2) is 109 Å². The van der Waals surface area contributed by atoms with Gasteiger partial charge in [0.1, 0.15) is 9.03 Å². The average Bonchev–Trinajstić information content (AvgIpc) is 3.23. The third-order valence-electron chi connectivity index (χ3n) is 14.3. The Morgan fingerprint density at radius 1 is 0.254 bits per heavy atom. The fraction of sp³-hybridized carbons (Fsp3) is 0.471.